The molecule has 1 atom stereocenters. The Bertz CT molecular complexity index is 221. The molecule has 4 heteroatoms. The van der Waals surface area contributed by atoms with Gasteiger partial charge >= 0.3 is 0 Å². The molecule has 2 aliphatic rings. The van der Waals surface area contributed by atoms with Crippen LogP contribution in [0.5, 0.6) is 0 Å². The van der Waals surface area contributed by atoms with Crippen LogP contribution in [0.1, 0.15) is 25.7 Å². The van der Waals surface area contributed by atoms with Gasteiger partial charge in [-0.25, -0.2) is 0 Å². The molecule has 0 radical (unpaired) electrons. The normalized spacial score (nSPS) is 29.1. The van der Waals surface area contributed by atoms with Crippen LogP contribution in [0.2, 0.25) is 0 Å². The van der Waals surface area contributed by atoms with E-state index in [1.54, 1.807) is 0 Å². The van der Waals surface area contributed by atoms with Crippen LogP contribution in [0.25, 0.3) is 0 Å². The van der Waals surface area contributed by atoms with Crippen molar-refractivity contribution in [3.63, 3.8) is 0 Å². The number of nitrogens with zero attached hydrogens (tertiary/aromatic N) is 1. The van der Waals surface area contributed by atoms with Gasteiger partial charge in [0.1, 0.15) is 0 Å². The van der Waals surface area contributed by atoms with Crippen LogP contribution in [-0.4, -0.2) is 41.9 Å². The predicted octanol–water partition coefficient (Wildman–Crippen LogP) is 1.80. The quantitative estimate of drug-likeness (QED) is 0.683. The summed E-state index contributed by atoms with van der Waals surface area (Å²) < 4.78 is 5.36. The summed E-state index contributed by atoms with van der Waals surface area (Å²) in [7, 11) is 0. The molecule has 86 valence electrons. The van der Waals surface area contributed by atoms with Gasteiger partial charge in [0.25, 0.3) is 0 Å². The molecule has 0 aromatic rings. The summed E-state index contributed by atoms with van der Waals surface area (Å²) in [4.78, 5) is 14.7. The number of carbonyl (C=O) groups excluding carboxylic acids is 1. The fourth-order valence-electron chi connectivity index (χ4n) is 2.26. The summed E-state index contributed by atoms with van der Waals surface area (Å²) in [6.07, 6.45) is 4.21. The lowest BCUT2D eigenvalue weighted by atomic mass is 9.99. The van der Waals surface area contributed by atoms with Crippen molar-refractivity contribution in [2.75, 3.05) is 26.3 Å². The molecule has 3 nitrogen and oxygen atoms in total. The van der Waals surface area contributed by atoms with Crippen molar-refractivity contribution in [1.29, 1.82) is 0 Å². The van der Waals surface area contributed by atoms with Gasteiger partial charge in [0.2, 0.25) is 5.91 Å². The Balaban J connectivity index is 1.84. The van der Waals surface area contributed by atoms with Crippen LogP contribution in [0.3, 0.4) is 0 Å². The van der Waals surface area contributed by atoms with E-state index >= 15 is 0 Å². The number of hydrogen-bond acceptors (Lipinski definition) is 2. The summed E-state index contributed by atoms with van der Waals surface area (Å²) in [5, 5.41) is 0. The third-order valence-electron chi connectivity index (χ3n) is 3.25. The highest BCUT2D eigenvalue weighted by atomic mass is 79.9. The fourth-order valence-corrected chi connectivity index (χ4v) is 2.67. The Morgan fingerprint density at radius 1 is 1.27 bits per heavy atom. The maximum absolute atomic E-state index is 12.1. The van der Waals surface area contributed by atoms with Gasteiger partial charge in [0, 0.05) is 24.5 Å². The number of rotatable bonds is 1. The molecule has 2 aliphatic heterocycles. The van der Waals surface area contributed by atoms with Crippen molar-refractivity contribution in [2.24, 2.45) is 5.92 Å². The second-order valence-electron chi connectivity index (χ2n) is 4.41. The van der Waals surface area contributed by atoms with Crippen LogP contribution in [-0.2, 0) is 9.53 Å². The van der Waals surface area contributed by atoms with Gasteiger partial charge in [0.05, 0.1) is 12.5 Å². The predicted molar refractivity (Wildman–Crippen MR) is 62.1 cm³/mol. The second kappa shape index (κ2) is 5.30. The molecule has 2 fully saturated rings. The Hall–Kier alpha value is -0.0900. The van der Waals surface area contributed by atoms with Crippen molar-refractivity contribution in [1.82, 2.24) is 4.90 Å². The molecule has 0 aliphatic carbocycles. The van der Waals surface area contributed by atoms with Gasteiger partial charge in [-0.1, -0.05) is 15.9 Å². The highest BCUT2D eigenvalue weighted by molar-refractivity contribution is 9.09. The first-order valence-corrected chi connectivity index (χ1v) is 6.69. The van der Waals surface area contributed by atoms with E-state index in [-0.39, 0.29) is 5.92 Å². The summed E-state index contributed by atoms with van der Waals surface area (Å²) in [6.45, 7) is 3.27. The number of alkyl halides is 1. The number of amides is 1. The van der Waals surface area contributed by atoms with Crippen LogP contribution < -0.4 is 0 Å². The SMILES string of the molecule is O=C(C1CCCOC1)N1CCC(Br)CC1. The third kappa shape index (κ3) is 2.94. The van der Waals surface area contributed by atoms with E-state index in [1.807, 2.05) is 4.90 Å². The average Bonchev–Trinajstić information content (AvgIpc) is 2.30. The maximum Gasteiger partial charge on any atom is 0.228 e. The first kappa shape index (κ1) is 11.4. The zero-order valence-electron chi connectivity index (χ0n) is 8.95. The molecule has 2 rings (SSSR count). The maximum atomic E-state index is 12.1. The van der Waals surface area contributed by atoms with Crippen LogP contribution >= 0.6 is 15.9 Å². The summed E-state index contributed by atoms with van der Waals surface area (Å²) in [5.74, 6) is 0.444. The van der Waals surface area contributed by atoms with Crippen molar-refractivity contribution in [3.05, 3.63) is 0 Å². The van der Waals surface area contributed by atoms with E-state index in [1.165, 1.54) is 0 Å². The van der Waals surface area contributed by atoms with Crippen LogP contribution in [0.15, 0.2) is 0 Å². The highest BCUT2D eigenvalue weighted by Crippen LogP contribution is 2.22. The van der Waals surface area contributed by atoms with E-state index in [4.69, 9.17) is 4.74 Å². The smallest absolute Gasteiger partial charge is 0.228 e. The van der Waals surface area contributed by atoms with E-state index in [0.717, 1.165) is 45.4 Å². The van der Waals surface area contributed by atoms with Crippen LogP contribution in [0, 0.1) is 5.92 Å². The minimum Gasteiger partial charge on any atom is -0.381 e. The molecule has 0 saturated carbocycles. The summed E-state index contributed by atoms with van der Waals surface area (Å²) in [5.41, 5.74) is 0. The molecular weight excluding hydrogens is 258 g/mol. The molecule has 15 heavy (non-hydrogen) atoms. The average molecular weight is 276 g/mol. The summed E-state index contributed by atoms with van der Waals surface area (Å²) >= 11 is 3.60. The largest absolute Gasteiger partial charge is 0.381 e. The lowest BCUT2D eigenvalue weighted by molar-refractivity contribution is -0.140. The van der Waals surface area contributed by atoms with Gasteiger partial charge < -0.3 is 9.64 Å². The zero-order chi connectivity index (χ0) is 10.7. The van der Waals surface area contributed by atoms with Crippen LogP contribution in [0.4, 0.5) is 0 Å². The van der Waals surface area contributed by atoms with Crippen molar-refractivity contribution in [3.8, 4) is 0 Å². The molecule has 1 unspecified atom stereocenters. The Morgan fingerprint density at radius 3 is 2.60 bits per heavy atom. The van der Waals surface area contributed by atoms with Gasteiger partial charge in [-0.15, -0.1) is 0 Å². The van der Waals surface area contributed by atoms with E-state index < -0.39 is 0 Å². The minimum absolute atomic E-state index is 0.130. The molecular formula is C11H18BrNO2. The summed E-state index contributed by atoms with van der Waals surface area (Å²) in [6, 6.07) is 0. The monoisotopic (exact) mass is 275 g/mol. The number of hydrogen-bond donors (Lipinski definition) is 0. The van der Waals surface area contributed by atoms with Crippen molar-refractivity contribution in [2.45, 2.75) is 30.5 Å². The molecule has 1 amide bonds. The fraction of sp³-hybridized carbons (Fsp3) is 0.909. The van der Waals surface area contributed by atoms with Crippen molar-refractivity contribution < 1.29 is 9.53 Å². The molecule has 2 heterocycles. The third-order valence-corrected chi connectivity index (χ3v) is 4.16. The first-order valence-electron chi connectivity index (χ1n) is 5.78. The lowest BCUT2D eigenvalue weighted by Crippen LogP contribution is -2.44. The molecule has 0 N–H and O–H groups in total. The van der Waals surface area contributed by atoms with Gasteiger partial charge in [-0.05, 0) is 25.7 Å². The Kier molecular flexibility index (Phi) is 4.03. The zero-order valence-corrected chi connectivity index (χ0v) is 10.5. The van der Waals surface area contributed by atoms with E-state index in [0.29, 0.717) is 17.3 Å². The van der Waals surface area contributed by atoms with E-state index in [2.05, 4.69) is 15.9 Å². The topological polar surface area (TPSA) is 29.5 Å². The van der Waals surface area contributed by atoms with Gasteiger partial charge in [-0.2, -0.15) is 0 Å². The van der Waals surface area contributed by atoms with Crippen molar-refractivity contribution >= 4 is 21.8 Å². The van der Waals surface area contributed by atoms with E-state index in [9.17, 15) is 4.79 Å². The molecule has 0 bridgehead atoms. The number of ether oxygens (including phenoxy) is 1. The lowest BCUT2D eigenvalue weighted by Gasteiger charge is -2.33. The molecule has 0 spiro atoms. The second-order valence-corrected chi connectivity index (χ2v) is 5.71. The Labute approximate surface area is 99.3 Å². The standard InChI is InChI=1S/C11H18BrNO2/c12-10-3-5-13(6-4-10)11(14)9-2-1-7-15-8-9/h9-10H,1-8H2. The molecule has 2 saturated heterocycles. The molecule has 0 aromatic heterocycles. The number of piperidine rings is 1. The number of carbonyl (C=O) groups is 1. The first-order chi connectivity index (χ1) is 7.27. The number of likely N-dealkylation sites (tertiary alicyclic amines) is 1. The van der Waals surface area contributed by atoms with Gasteiger partial charge in [0.15, 0.2) is 0 Å². The minimum atomic E-state index is 0.130. The number of halogens is 1. The molecule has 0 aromatic carbocycles. The van der Waals surface area contributed by atoms with Gasteiger partial charge in [-0.3, -0.25) is 4.79 Å². The highest BCUT2D eigenvalue weighted by Gasteiger charge is 2.28. The Morgan fingerprint density at radius 2 is 2.00 bits per heavy atom.